The van der Waals surface area contributed by atoms with E-state index in [1.54, 1.807) is 30.3 Å². The molecule has 208 valence electrons. The number of amides is 1. The fourth-order valence-corrected chi connectivity index (χ4v) is 6.60. The van der Waals surface area contributed by atoms with Crippen molar-refractivity contribution >= 4 is 44.3 Å². The third-order valence-electron chi connectivity index (χ3n) is 7.38. The van der Waals surface area contributed by atoms with E-state index in [1.165, 1.54) is 18.4 Å². The highest BCUT2D eigenvalue weighted by Crippen LogP contribution is 2.39. The van der Waals surface area contributed by atoms with Gasteiger partial charge in [-0.05, 0) is 73.0 Å². The summed E-state index contributed by atoms with van der Waals surface area (Å²) in [5.41, 5.74) is 6.42. The third kappa shape index (κ3) is 6.34. The van der Waals surface area contributed by atoms with Crippen LogP contribution < -0.4 is 15.4 Å². The first-order chi connectivity index (χ1) is 19.9. The fraction of sp³-hybridized carbons (Fsp3) is 0.182. The van der Waals surface area contributed by atoms with Crippen molar-refractivity contribution in [1.29, 1.82) is 0 Å². The van der Waals surface area contributed by atoms with Crippen LogP contribution in [-0.4, -0.2) is 32.3 Å². The molecule has 0 radical (unpaired) electrons. The van der Waals surface area contributed by atoms with Crippen LogP contribution in [0.2, 0.25) is 0 Å². The van der Waals surface area contributed by atoms with Gasteiger partial charge in [0.1, 0.15) is 0 Å². The Balaban J connectivity index is 1.32. The van der Waals surface area contributed by atoms with Crippen molar-refractivity contribution < 1.29 is 13.2 Å². The average Bonchev–Trinajstić information content (AvgIpc) is 3.60. The number of fused-ring (bicyclic) bond motifs is 1. The van der Waals surface area contributed by atoms with Crippen LogP contribution in [0.15, 0.2) is 103 Å². The molecule has 7 nitrogen and oxygen atoms in total. The molecule has 1 saturated heterocycles. The van der Waals surface area contributed by atoms with Crippen LogP contribution in [0.3, 0.4) is 0 Å². The van der Waals surface area contributed by atoms with E-state index in [0.717, 1.165) is 30.9 Å². The molecule has 4 aromatic carbocycles. The van der Waals surface area contributed by atoms with Crippen molar-refractivity contribution in [2.75, 3.05) is 28.4 Å². The summed E-state index contributed by atoms with van der Waals surface area (Å²) in [4.78, 5) is 15.8. The van der Waals surface area contributed by atoms with Crippen LogP contribution in [0.1, 0.15) is 35.1 Å². The molecule has 0 aromatic heterocycles. The van der Waals surface area contributed by atoms with E-state index in [0.29, 0.717) is 33.8 Å². The summed E-state index contributed by atoms with van der Waals surface area (Å²) in [6.45, 7) is 3.22. The van der Waals surface area contributed by atoms with Crippen LogP contribution in [0.4, 0.5) is 17.1 Å². The molecule has 0 atom stereocenters. The lowest BCUT2D eigenvalue weighted by Gasteiger charge is -2.17. The van der Waals surface area contributed by atoms with Crippen LogP contribution in [0, 0.1) is 0 Å². The maximum Gasteiger partial charge on any atom is 0.258 e. The fourth-order valence-electron chi connectivity index (χ4n) is 5.41. The van der Waals surface area contributed by atoms with E-state index >= 15 is 0 Å². The smallest absolute Gasteiger partial charge is 0.258 e. The van der Waals surface area contributed by atoms with Gasteiger partial charge >= 0.3 is 0 Å². The molecule has 4 aromatic rings. The quantitative estimate of drug-likeness (QED) is 0.212. The lowest BCUT2D eigenvalue weighted by atomic mass is 9.99. The standard InChI is InChI=1S/C33H32N4O3S/c38-33-31(29-21-28(17-18-30(29)35-33)36-41(39,40)23-25-9-3-1-4-10-25)32(26-11-5-2-6-12-26)34-27-15-13-24(14-16-27)22-37-19-7-8-20-37/h1-6,9-18,21,34,36H,7-8,19-20,22-23H2,(H,35,38)/b32-31-. The van der Waals surface area contributed by atoms with Gasteiger partial charge in [0.25, 0.3) is 5.91 Å². The SMILES string of the molecule is O=C1Nc2ccc(NS(=O)(=O)Cc3ccccc3)cc2/C1=C(/Nc1ccc(CN2CCCC2)cc1)c1ccccc1. The first kappa shape index (κ1) is 26.8. The molecule has 3 N–H and O–H groups in total. The van der Waals surface area contributed by atoms with Crippen molar-refractivity contribution in [3.05, 3.63) is 125 Å². The Hall–Kier alpha value is -4.40. The van der Waals surface area contributed by atoms with Crippen LogP contribution in [-0.2, 0) is 27.1 Å². The molecule has 2 heterocycles. The highest BCUT2D eigenvalue weighted by atomic mass is 32.2. The minimum atomic E-state index is -3.66. The Labute approximate surface area is 241 Å². The number of anilines is 3. The van der Waals surface area contributed by atoms with Gasteiger partial charge in [0.2, 0.25) is 10.0 Å². The van der Waals surface area contributed by atoms with Gasteiger partial charge in [0, 0.05) is 29.2 Å². The molecule has 8 heteroatoms. The van der Waals surface area contributed by atoms with Crippen molar-refractivity contribution in [3.63, 3.8) is 0 Å². The van der Waals surface area contributed by atoms with Gasteiger partial charge in [-0.1, -0.05) is 72.8 Å². The predicted octanol–water partition coefficient (Wildman–Crippen LogP) is 6.16. The third-order valence-corrected chi connectivity index (χ3v) is 8.64. The minimum absolute atomic E-state index is 0.143. The topological polar surface area (TPSA) is 90.5 Å². The first-order valence-electron chi connectivity index (χ1n) is 13.8. The summed E-state index contributed by atoms with van der Waals surface area (Å²) >= 11 is 0. The number of nitrogens with one attached hydrogen (secondary N) is 3. The van der Waals surface area contributed by atoms with Crippen LogP contribution in [0.5, 0.6) is 0 Å². The lowest BCUT2D eigenvalue weighted by molar-refractivity contribution is -0.110. The number of rotatable bonds is 9. The highest BCUT2D eigenvalue weighted by Gasteiger charge is 2.29. The van der Waals surface area contributed by atoms with E-state index in [2.05, 4.69) is 32.4 Å². The maximum absolute atomic E-state index is 13.4. The largest absolute Gasteiger partial charge is 0.354 e. The van der Waals surface area contributed by atoms with Gasteiger partial charge in [0.15, 0.2) is 0 Å². The lowest BCUT2D eigenvalue weighted by Crippen LogP contribution is -2.18. The molecule has 0 bridgehead atoms. The molecule has 1 fully saturated rings. The summed E-state index contributed by atoms with van der Waals surface area (Å²) in [5.74, 6) is -0.392. The molecule has 6 rings (SSSR count). The van der Waals surface area contributed by atoms with E-state index in [9.17, 15) is 13.2 Å². The van der Waals surface area contributed by atoms with Gasteiger partial charge in [-0.25, -0.2) is 8.42 Å². The first-order valence-corrected chi connectivity index (χ1v) is 15.5. The normalized spacial score (nSPS) is 16.2. The molecule has 1 amide bonds. The molecule has 0 saturated carbocycles. The monoisotopic (exact) mass is 564 g/mol. The Morgan fingerprint density at radius 1 is 0.780 bits per heavy atom. The second kappa shape index (κ2) is 11.6. The maximum atomic E-state index is 13.4. The van der Waals surface area contributed by atoms with Gasteiger partial charge in [-0.15, -0.1) is 0 Å². The summed E-state index contributed by atoms with van der Waals surface area (Å²) in [7, 11) is -3.66. The second-order valence-corrected chi connectivity index (χ2v) is 12.2. The van der Waals surface area contributed by atoms with E-state index in [1.807, 2.05) is 60.7 Å². The number of likely N-dealkylation sites (tertiary alicyclic amines) is 1. The summed E-state index contributed by atoms with van der Waals surface area (Å²) in [5, 5.41) is 6.44. The number of hydrogen-bond donors (Lipinski definition) is 3. The number of benzene rings is 4. The Kier molecular flexibility index (Phi) is 7.59. The molecular weight excluding hydrogens is 532 g/mol. The molecule has 2 aliphatic heterocycles. The van der Waals surface area contributed by atoms with Gasteiger partial charge < -0.3 is 10.6 Å². The number of nitrogens with zero attached hydrogens (tertiary/aromatic N) is 1. The molecule has 0 spiro atoms. The minimum Gasteiger partial charge on any atom is -0.354 e. The van der Waals surface area contributed by atoms with E-state index in [4.69, 9.17) is 0 Å². The number of carbonyl (C=O) groups is 1. The van der Waals surface area contributed by atoms with Crippen molar-refractivity contribution in [2.45, 2.75) is 25.1 Å². The van der Waals surface area contributed by atoms with Crippen molar-refractivity contribution in [2.24, 2.45) is 0 Å². The predicted molar refractivity (Wildman–Crippen MR) is 166 cm³/mol. The van der Waals surface area contributed by atoms with Gasteiger partial charge in [0.05, 0.1) is 17.0 Å². The van der Waals surface area contributed by atoms with E-state index < -0.39 is 10.0 Å². The number of hydrogen-bond acceptors (Lipinski definition) is 5. The summed E-state index contributed by atoms with van der Waals surface area (Å²) < 4.78 is 28.5. The average molecular weight is 565 g/mol. The number of carbonyl (C=O) groups excluding carboxylic acids is 1. The van der Waals surface area contributed by atoms with Crippen LogP contribution in [0.25, 0.3) is 11.3 Å². The second-order valence-electron chi connectivity index (χ2n) is 10.5. The summed E-state index contributed by atoms with van der Waals surface area (Å²) in [6, 6.07) is 32.2. The zero-order valence-corrected chi connectivity index (χ0v) is 23.5. The summed E-state index contributed by atoms with van der Waals surface area (Å²) in [6.07, 6.45) is 2.51. The van der Waals surface area contributed by atoms with Crippen molar-refractivity contribution in [1.82, 2.24) is 4.90 Å². The highest BCUT2D eigenvalue weighted by molar-refractivity contribution is 7.91. The van der Waals surface area contributed by atoms with Gasteiger partial charge in [-0.3, -0.25) is 14.4 Å². The Morgan fingerprint density at radius 2 is 1.44 bits per heavy atom. The van der Waals surface area contributed by atoms with Crippen molar-refractivity contribution in [3.8, 4) is 0 Å². The Morgan fingerprint density at radius 3 is 2.15 bits per heavy atom. The van der Waals surface area contributed by atoms with Crippen LogP contribution >= 0.6 is 0 Å². The molecule has 0 unspecified atom stereocenters. The number of sulfonamides is 1. The molecule has 41 heavy (non-hydrogen) atoms. The molecule has 0 aliphatic carbocycles. The molecular formula is C33H32N4O3S. The van der Waals surface area contributed by atoms with E-state index in [-0.39, 0.29) is 11.7 Å². The molecule has 2 aliphatic rings. The Bertz CT molecular complexity index is 1680. The zero-order chi connectivity index (χ0) is 28.2. The zero-order valence-electron chi connectivity index (χ0n) is 22.6. The van der Waals surface area contributed by atoms with Gasteiger partial charge in [-0.2, -0.15) is 0 Å².